The number of benzene rings is 1. The van der Waals surface area contributed by atoms with E-state index in [1.807, 2.05) is 0 Å². The summed E-state index contributed by atoms with van der Waals surface area (Å²) in [5.74, 6) is 0.910. The molecule has 3 nitrogen and oxygen atoms in total. The third-order valence-corrected chi connectivity index (χ3v) is 4.81. The highest BCUT2D eigenvalue weighted by molar-refractivity contribution is 5.78. The fraction of sp³-hybridized carbons (Fsp3) is 0.611. The highest BCUT2D eigenvalue weighted by atomic mass is 16.2. The number of hydrogen-bond acceptors (Lipinski definition) is 2. The number of nitrogens with one attached hydrogen (secondary N) is 1. The summed E-state index contributed by atoms with van der Waals surface area (Å²) in [4.78, 5) is 14.6. The Bertz CT molecular complexity index is 500. The molecule has 0 spiro atoms. The lowest BCUT2D eigenvalue weighted by molar-refractivity contribution is -0.123. The zero-order chi connectivity index (χ0) is 14.7. The Hall–Kier alpha value is -1.35. The Labute approximate surface area is 127 Å². The Morgan fingerprint density at radius 2 is 2.14 bits per heavy atom. The van der Waals surface area contributed by atoms with Gasteiger partial charge in [-0.1, -0.05) is 31.2 Å². The van der Waals surface area contributed by atoms with Gasteiger partial charge >= 0.3 is 0 Å². The van der Waals surface area contributed by atoms with Crippen LogP contribution >= 0.6 is 0 Å². The Morgan fingerprint density at radius 3 is 3.00 bits per heavy atom. The molecule has 2 atom stereocenters. The first-order valence-electron chi connectivity index (χ1n) is 8.32. The van der Waals surface area contributed by atoms with Crippen molar-refractivity contribution in [3.63, 3.8) is 0 Å². The SMILES string of the molecule is CC1CCCN(CC(=O)NC2CCCc3ccccc32)C1. The van der Waals surface area contributed by atoms with Crippen LogP contribution < -0.4 is 5.32 Å². The second-order valence-electron chi connectivity index (χ2n) is 6.69. The fourth-order valence-electron chi connectivity index (χ4n) is 3.78. The van der Waals surface area contributed by atoms with Crippen molar-refractivity contribution in [1.82, 2.24) is 10.2 Å². The van der Waals surface area contributed by atoms with Gasteiger partial charge in [0.1, 0.15) is 0 Å². The van der Waals surface area contributed by atoms with Crippen molar-refractivity contribution in [2.24, 2.45) is 5.92 Å². The van der Waals surface area contributed by atoms with Crippen LogP contribution in [0, 0.1) is 5.92 Å². The molecule has 1 heterocycles. The molecule has 1 saturated heterocycles. The van der Waals surface area contributed by atoms with Crippen molar-refractivity contribution in [2.75, 3.05) is 19.6 Å². The molecule has 1 N–H and O–H groups in total. The molecule has 1 aliphatic heterocycles. The van der Waals surface area contributed by atoms with Gasteiger partial charge in [0.05, 0.1) is 12.6 Å². The lowest BCUT2D eigenvalue weighted by Crippen LogP contribution is -2.43. The van der Waals surface area contributed by atoms with Gasteiger partial charge in [0.2, 0.25) is 5.91 Å². The molecular weight excluding hydrogens is 260 g/mol. The van der Waals surface area contributed by atoms with E-state index in [9.17, 15) is 4.79 Å². The number of hydrogen-bond donors (Lipinski definition) is 1. The molecule has 1 aliphatic carbocycles. The predicted molar refractivity (Wildman–Crippen MR) is 85.1 cm³/mol. The average Bonchev–Trinajstić information content (AvgIpc) is 2.47. The topological polar surface area (TPSA) is 32.3 Å². The molecule has 1 amide bonds. The molecule has 21 heavy (non-hydrogen) atoms. The number of piperidine rings is 1. The Balaban J connectivity index is 1.58. The van der Waals surface area contributed by atoms with E-state index in [1.165, 1.54) is 30.4 Å². The minimum absolute atomic E-state index is 0.186. The Morgan fingerprint density at radius 1 is 1.29 bits per heavy atom. The highest BCUT2D eigenvalue weighted by Gasteiger charge is 2.23. The van der Waals surface area contributed by atoms with E-state index >= 15 is 0 Å². The first-order chi connectivity index (χ1) is 10.2. The van der Waals surface area contributed by atoms with Crippen molar-refractivity contribution in [3.05, 3.63) is 35.4 Å². The highest BCUT2D eigenvalue weighted by Crippen LogP contribution is 2.29. The first kappa shape index (κ1) is 14.6. The number of carbonyl (C=O) groups is 1. The van der Waals surface area contributed by atoms with Crippen LogP contribution in [0.25, 0.3) is 0 Å². The van der Waals surface area contributed by atoms with Crippen molar-refractivity contribution < 1.29 is 4.79 Å². The number of fused-ring (bicyclic) bond motifs is 1. The number of amides is 1. The monoisotopic (exact) mass is 286 g/mol. The van der Waals surface area contributed by atoms with E-state index in [4.69, 9.17) is 0 Å². The van der Waals surface area contributed by atoms with E-state index in [1.54, 1.807) is 0 Å². The van der Waals surface area contributed by atoms with Crippen LogP contribution in [0.2, 0.25) is 0 Å². The molecule has 1 aromatic rings. The van der Waals surface area contributed by atoms with Gasteiger partial charge in [0, 0.05) is 6.54 Å². The van der Waals surface area contributed by atoms with E-state index in [0.717, 1.165) is 31.8 Å². The van der Waals surface area contributed by atoms with Gasteiger partial charge < -0.3 is 5.32 Å². The van der Waals surface area contributed by atoms with Gasteiger partial charge in [-0.3, -0.25) is 9.69 Å². The zero-order valence-corrected chi connectivity index (χ0v) is 13.0. The van der Waals surface area contributed by atoms with Gasteiger partial charge in [-0.15, -0.1) is 0 Å². The normalized spacial score (nSPS) is 26.1. The molecule has 0 aromatic heterocycles. The second-order valence-corrected chi connectivity index (χ2v) is 6.69. The van der Waals surface area contributed by atoms with Crippen LogP contribution in [-0.2, 0) is 11.2 Å². The first-order valence-corrected chi connectivity index (χ1v) is 8.32. The summed E-state index contributed by atoms with van der Waals surface area (Å²) in [6, 6.07) is 8.75. The van der Waals surface area contributed by atoms with Crippen LogP contribution in [0.15, 0.2) is 24.3 Å². The average molecular weight is 286 g/mol. The minimum Gasteiger partial charge on any atom is -0.348 e. The number of nitrogens with zero attached hydrogens (tertiary/aromatic N) is 1. The maximum absolute atomic E-state index is 12.3. The third kappa shape index (κ3) is 3.65. The number of rotatable bonds is 3. The third-order valence-electron chi connectivity index (χ3n) is 4.81. The summed E-state index contributed by atoms with van der Waals surface area (Å²) >= 11 is 0. The summed E-state index contributed by atoms with van der Waals surface area (Å²) in [6.45, 7) is 4.97. The molecule has 2 unspecified atom stereocenters. The van der Waals surface area contributed by atoms with Crippen molar-refractivity contribution in [1.29, 1.82) is 0 Å². The van der Waals surface area contributed by atoms with E-state index in [2.05, 4.69) is 41.4 Å². The summed E-state index contributed by atoms with van der Waals surface area (Å²) in [7, 11) is 0. The molecule has 0 saturated carbocycles. The van der Waals surface area contributed by atoms with Gasteiger partial charge in [-0.25, -0.2) is 0 Å². The minimum atomic E-state index is 0.186. The smallest absolute Gasteiger partial charge is 0.234 e. The Kier molecular flexibility index (Phi) is 4.59. The molecule has 2 aliphatic rings. The fourth-order valence-corrected chi connectivity index (χ4v) is 3.78. The molecule has 0 bridgehead atoms. The second kappa shape index (κ2) is 6.61. The van der Waals surface area contributed by atoms with Crippen LogP contribution in [0.3, 0.4) is 0 Å². The summed E-state index contributed by atoms with van der Waals surface area (Å²) in [5, 5.41) is 3.26. The van der Waals surface area contributed by atoms with Gasteiger partial charge in [0.25, 0.3) is 0 Å². The van der Waals surface area contributed by atoms with E-state index < -0.39 is 0 Å². The molecular formula is C18H26N2O. The van der Waals surface area contributed by atoms with Gasteiger partial charge in [-0.05, 0) is 55.7 Å². The number of likely N-dealkylation sites (tertiary alicyclic amines) is 1. The van der Waals surface area contributed by atoms with Gasteiger partial charge in [-0.2, -0.15) is 0 Å². The maximum atomic E-state index is 12.3. The molecule has 114 valence electrons. The summed E-state index contributed by atoms with van der Waals surface area (Å²) in [5.41, 5.74) is 2.73. The van der Waals surface area contributed by atoms with Gasteiger partial charge in [0.15, 0.2) is 0 Å². The standard InChI is InChI=1S/C18H26N2O/c1-14-6-5-11-20(12-14)13-18(21)19-17-10-4-8-15-7-2-3-9-16(15)17/h2-3,7,9,14,17H,4-6,8,10-13H2,1H3,(H,19,21). The van der Waals surface area contributed by atoms with E-state index in [0.29, 0.717) is 6.54 Å². The molecule has 0 radical (unpaired) electrons. The summed E-state index contributed by atoms with van der Waals surface area (Å²) in [6.07, 6.45) is 5.91. The summed E-state index contributed by atoms with van der Waals surface area (Å²) < 4.78 is 0. The van der Waals surface area contributed by atoms with Crippen LogP contribution in [0.5, 0.6) is 0 Å². The van der Waals surface area contributed by atoms with Crippen LogP contribution in [0.1, 0.15) is 49.8 Å². The molecule has 3 heteroatoms. The van der Waals surface area contributed by atoms with Crippen LogP contribution in [-0.4, -0.2) is 30.4 Å². The van der Waals surface area contributed by atoms with Crippen molar-refractivity contribution in [2.45, 2.75) is 45.1 Å². The quantitative estimate of drug-likeness (QED) is 0.926. The maximum Gasteiger partial charge on any atom is 0.234 e. The van der Waals surface area contributed by atoms with E-state index in [-0.39, 0.29) is 11.9 Å². The zero-order valence-electron chi connectivity index (χ0n) is 13.0. The predicted octanol–water partition coefficient (Wildman–Crippen LogP) is 2.91. The molecule has 1 fully saturated rings. The largest absolute Gasteiger partial charge is 0.348 e. The van der Waals surface area contributed by atoms with Crippen molar-refractivity contribution >= 4 is 5.91 Å². The lowest BCUT2D eigenvalue weighted by Gasteiger charge is -2.31. The lowest BCUT2D eigenvalue weighted by atomic mass is 9.88. The van der Waals surface area contributed by atoms with Crippen molar-refractivity contribution in [3.8, 4) is 0 Å². The van der Waals surface area contributed by atoms with Crippen LogP contribution in [0.4, 0.5) is 0 Å². The molecule has 1 aromatic carbocycles. The number of aryl methyl sites for hydroxylation is 1. The number of carbonyl (C=O) groups excluding carboxylic acids is 1. The molecule has 3 rings (SSSR count).